The molecule has 0 radical (unpaired) electrons. The third kappa shape index (κ3) is 3.20. The Morgan fingerprint density at radius 3 is 3.06 bits per heavy atom. The molecule has 0 bridgehead atoms. The molecular formula is C11H17ClN4O. The first-order valence-corrected chi connectivity index (χ1v) is 6.31. The zero-order valence-electron chi connectivity index (χ0n) is 9.87. The summed E-state index contributed by atoms with van der Waals surface area (Å²) in [6.45, 7) is 4.92. The van der Waals surface area contributed by atoms with E-state index in [9.17, 15) is 4.79 Å². The van der Waals surface area contributed by atoms with Crippen molar-refractivity contribution in [2.45, 2.75) is 25.8 Å². The molecule has 1 aliphatic rings. The summed E-state index contributed by atoms with van der Waals surface area (Å²) in [6, 6.07) is 0.754. The Kier molecular flexibility index (Phi) is 4.02. The maximum Gasteiger partial charge on any atom is 0.271 e. The second-order valence-corrected chi connectivity index (χ2v) is 4.56. The number of anilines is 1. The Balaban J connectivity index is 1.85. The van der Waals surface area contributed by atoms with Gasteiger partial charge in [-0.15, -0.1) is 0 Å². The quantitative estimate of drug-likeness (QED) is 0.806. The first-order valence-electron chi connectivity index (χ1n) is 5.93. The van der Waals surface area contributed by atoms with Crippen LogP contribution in [0.5, 0.6) is 0 Å². The highest BCUT2D eigenvalue weighted by molar-refractivity contribution is 6.32. The standard InChI is InChI=1S/C11H17ClN4O/c1-2-16(8-3-4-8)6-5-13-10-9(12)11(17)15-7-14-10/h7-8H,2-6H2,1H3,(H2,13,14,15,17). The van der Waals surface area contributed by atoms with Gasteiger partial charge in [0, 0.05) is 19.1 Å². The predicted octanol–water partition coefficient (Wildman–Crippen LogP) is 1.32. The largest absolute Gasteiger partial charge is 0.367 e. The van der Waals surface area contributed by atoms with Crippen molar-refractivity contribution >= 4 is 17.4 Å². The maximum atomic E-state index is 11.2. The molecule has 0 aliphatic heterocycles. The number of H-pyrrole nitrogens is 1. The number of nitrogens with one attached hydrogen (secondary N) is 2. The van der Waals surface area contributed by atoms with Gasteiger partial charge in [-0.05, 0) is 19.4 Å². The second-order valence-electron chi connectivity index (χ2n) is 4.18. The molecule has 0 amide bonds. The Morgan fingerprint density at radius 1 is 1.65 bits per heavy atom. The van der Waals surface area contributed by atoms with Crippen LogP contribution in [0.25, 0.3) is 0 Å². The zero-order chi connectivity index (χ0) is 12.3. The SMILES string of the molecule is CCN(CCNc1nc[nH]c(=O)c1Cl)C1CC1. The molecule has 0 aromatic carbocycles. The monoisotopic (exact) mass is 256 g/mol. The minimum absolute atomic E-state index is 0.127. The first-order chi connectivity index (χ1) is 8.22. The number of nitrogens with zero attached hydrogens (tertiary/aromatic N) is 2. The fourth-order valence-electron chi connectivity index (χ4n) is 1.86. The van der Waals surface area contributed by atoms with Crippen LogP contribution >= 0.6 is 11.6 Å². The molecule has 1 aromatic heterocycles. The highest BCUT2D eigenvalue weighted by atomic mass is 35.5. The average molecular weight is 257 g/mol. The highest BCUT2D eigenvalue weighted by Gasteiger charge is 2.27. The summed E-state index contributed by atoms with van der Waals surface area (Å²) in [5.41, 5.74) is -0.307. The van der Waals surface area contributed by atoms with Crippen LogP contribution in [0.4, 0.5) is 5.82 Å². The Bertz CT molecular complexity index is 430. The molecule has 0 unspecified atom stereocenters. The van der Waals surface area contributed by atoms with Crippen LogP contribution in [0, 0.1) is 0 Å². The van der Waals surface area contributed by atoms with E-state index in [1.807, 2.05) is 0 Å². The Labute approximate surface area is 105 Å². The van der Waals surface area contributed by atoms with Crippen LogP contribution in [0.3, 0.4) is 0 Å². The van der Waals surface area contributed by atoms with E-state index in [1.165, 1.54) is 19.2 Å². The van der Waals surface area contributed by atoms with Gasteiger partial charge in [0.1, 0.15) is 5.02 Å². The van der Waals surface area contributed by atoms with Crippen molar-refractivity contribution in [3.63, 3.8) is 0 Å². The van der Waals surface area contributed by atoms with Crippen LogP contribution in [0.15, 0.2) is 11.1 Å². The van der Waals surface area contributed by atoms with Crippen molar-refractivity contribution in [1.82, 2.24) is 14.9 Å². The van der Waals surface area contributed by atoms with Crippen LogP contribution in [0.1, 0.15) is 19.8 Å². The Morgan fingerprint density at radius 2 is 2.41 bits per heavy atom. The smallest absolute Gasteiger partial charge is 0.271 e. The van der Waals surface area contributed by atoms with Crippen molar-refractivity contribution < 1.29 is 0 Å². The zero-order valence-corrected chi connectivity index (χ0v) is 10.6. The van der Waals surface area contributed by atoms with Gasteiger partial charge in [-0.3, -0.25) is 9.69 Å². The van der Waals surface area contributed by atoms with E-state index in [2.05, 4.69) is 27.1 Å². The number of aromatic nitrogens is 2. The topological polar surface area (TPSA) is 61.0 Å². The molecule has 17 heavy (non-hydrogen) atoms. The maximum absolute atomic E-state index is 11.2. The number of hydrogen-bond acceptors (Lipinski definition) is 4. The summed E-state index contributed by atoms with van der Waals surface area (Å²) in [6.07, 6.45) is 3.96. The molecule has 1 saturated carbocycles. The minimum atomic E-state index is -0.307. The molecule has 1 aromatic rings. The lowest BCUT2D eigenvalue weighted by molar-refractivity contribution is 0.289. The normalized spacial score (nSPS) is 15.2. The number of hydrogen-bond donors (Lipinski definition) is 2. The van der Waals surface area contributed by atoms with Crippen molar-refractivity contribution in [1.29, 1.82) is 0 Å². The first kappa shape index (κ1) is 12.4. The van der Waals surface area contributed by atoms with Gasteiger partial charge in [0.15, 0.2) is 5.82 Å². The van der Waals surface area contributed by atoms with E-state index in [0.29, 0.717) is 5.82 Å². The average Bonchev–Trinajstić information content (AvgIpc) is 3.14. The molecule has 1 aliphatic carbocycles. The van der Waals surface area contributed by atoms with E-state index < -0.39 is 0 Å². The van der Waals surface area contributed by atoms with Crippen molar-refractivity contribution in [3.05, 3.63) is 21.7 Å². The summed E-state index contributed by atoms with van der Waals surface area (Å²) >= 11 is 5.83. The lowest BCUT2D eigenvalue weighted by atomic mass is 10.4. The van der Waals surface area contributed by atoms with E-state index >= 15 is 0 Å². The van der Waals surface area contributed by atoms with E-state index in [0.717, 1.165) is 25.7 Å². The fourth-order valence-corrected chi connectivity index (χ4v) is 2.03. The number of rotatable bonds is 6. The molecule has 1 fully saturated rings. The highest BCUT2D eigenvalue weighted by Crippen LogP contribution is 2.26. The molecule has 0 saturated heterocycles. The predicted molar refractivity (Wildman–Crippen MR) is 68.6 cm³/mol. The van der Waals surface area contributed by atoms with Crippen LogP contribution in [0.2, 0.25) is 5.02 Å². The van der Waals surface area contributed by atoms with Crippen molar-refractivity contribution in [2.75, 3.05) is 25.0 Å². The van der Waals surface area contributed by atoms with Crippen LogP contribution in [-0.2, 0) is 0 Å². The minimum Gasteiger partial charge on any atom is -0.367 e. The number of halogens is 1. The van der Waals surface area contributed by atoms with E-state index in [4.69, 9.17) is 11.6 Å². The second kappa shape index (κ2) is 5.51. The molecule has 2 rings (SSSR count). The van der Waals surface area contributed by atoms with Gasteiger partial charge in [-0.25, -0.2) is 4.98 Å². The van der Waals surface area contributed by atoms with Gasteiger partial charge in [-0.1, -0.05) is 18.5 Å². The van der Waals surface area contributed by atoms with Gasteiger partial charge in [-0.2, -0.15) is 0 Å². The van der Waals surface area contributed by atoms with Crippen LogP contribution in [-0.4, -0.2) is 40.5 Å². The van der Waals surface area contributed by atoms with Gasteiger partial charge < -0.3 is 10.3 Å². The lowest BCUT2D eigenvalue weighted by Gasteiger charge is -2.19. The van der Waals surface area contributed by atoms with Gasteiger partial charge in [0.25, 0.3) is 5.56 Å². The number of likely N-dealkylation sites (N-methyl/N-ethyl adjacent to an activating group) is 1. The summed E-state index contributed by atoms with van der Waals surface area (Å²) in [5, 5.41) is 3.22. The summed E-state index contributed by atoms with van der Waals surface area (Å²) in [7, 11) is 0. The van der Waals surface area contributed by atoms with Gasteiger partial charge in [0.2, 0.25) is 0 Å². The third-order valence-electron chi connectivity index (χ3n) is 2.96. The van der Waals surface area contributed by atoms with Crippen molar-refractivity contribution in [3.8, 4) is 0 Å². The Hall–Kier alpha value is -1.07. The van der Waals surface area contributed by atoms with Crippen molar-refractivity contribution in [2.24, 2.45) is 0 Å². The number of aromatic amines is 1. The van der Waals surface area contributed by atoms with Gasteiger partial charge >= 0.3 is 0 Å². The molecule has 2 N–H and O–H groups in total. The fraction of sp³-hybridized carbons (Fsp3) is 0.636. The molecule has 1 heterocycles. The summed E-state index contributed by atoms with van der Waals surface area (Å²) in [4.78, 5) is 20.1. The van der Waals surface area contributed by atoms with E-state index in [-0.39, 0.29) is 10.6 Å². The summed E-state index contributed by atoms with van der Waals surface area (Å²) < 4.78 is 0. The van der Waals surface area contributed by atoms with E-state index in [1.54, 1.807) is 0 Å². The lowest BCUT2D eigenvalue weighted by Crippen LogP contribution is -2.31. The third-order valence-corrected chi connectivity index (χ3v) is 3.31. The summed E-state index contributed by atoms with van der Waals surface area (Å²) in [5.74, 6) is 0.460. The molecule has 6 heteroatoms. The molecule has 0 spiro atoms. The van der Waals surface area contributed by atoms with Gasteiger partial charge in [0.05, 0.1) is 6.33 Å². The molecule has 94 valence electrons. The van der Waals surface area contributed by atoms with Crippen LogP contribution < -0.4 is 10.9 Å². The molecular weight excluding hydrogens is 240 g/mol. The molecule has 5 nitrogen and oxygen atoms in total. The molecule has 0 atom stereocenters.